The SMILES string of the molecule is NCCc1cccc(F)c1N1CCc2ccc(F)cc21. The molecule has 20 heavy (non-hydrogen) atoms. The first-order valence-corrected chi connectivity index (χ1v) is 6.74. The number of anilines is 2. The lowest BCUT2D eigenvalue weighted by molar-refractivity contribution is 0.621. The Kier molecular flexibility index (Phi) is 3.40. The molecule has 0 saturated carbocycles. The normalized spacial score (nSPS) is 13.7. The number of halogens is 2. The summed E-state index contributed by atoms with van der Waals surface area (Å²) in [5.74, 6) is -0.583. The highest BCUT2D eigenvalue weighted by Gasteiger charge is 2.25. The van der Waals surface area contributed by atoms with Crippen molar-refractivity contribution in [3.8, 4) is 0 Å². The zero-order chi connectivity index (χ0) is 14.1. The smallest absolute Gasteiger partial charge is 0.147 e. The van der Waals surface area contributed by atoms with Crippen LogP contribution in [-0.4, -0.2) is 13.1 Å². The summed E-state index contributed by atoms with van der Waals surface area (Å²) in [6.45, 7) is 1.12. The molecule has 0 spiro atoms. The minimum atomic E-state index is -0.299. The number of nitrogens with two attached hydrogens (primary N) is 1. The van der Waals surface area contributed by atoms with Crippen LogP contribution >= 0.6 is 0 Å². The van der Waals surface area contributed by atoms with E-state index in [0.717, 1.165) is 23.2 Å². The van der Waals surface area contributed by atoms with Gasteiger partial charge in [0.25, 0.3) is 0 Å². The minimum absolute atomic E-state index is 0.284. The van der Waals surface area contributed by atoms with Crippen molar-refractivity contribution >= 4 is 11.4 Å². The second kappa shape index (κ2) is 5.21. The van der Waals surface area contributed by atoms with Crippen molar-refractivity contribution in [1.29, 1.82) is 0 Å². The lowest BCUT2D eigenvalue weighted by atomic mass is 10.1. The average molecular weight is 274 g/mol. The number of rotatable bonds is 3. The summed E-state index contributed by atoms with van der Waals surface area (Å²) in [4.78, 5) is 1.86. The molecule has 0 amide bonds. The number of hydrogen-bond donors (Lipinski definition) is 1. The molecule has 4 heteroatoms. The van der Waals surface area contributed by atoms with Gasteiger partial charge in [-0.15, -0.1) is 0 Å². The van der Waals surface area contributed by atoms with Crippen LogP contribution in [0.25, 0.3) is 0 Å². The van der Waals surface area contributed by atoms with Gasteiger partial charge in [-0.2, -0.15) is 0 Å². The van der Waals surface area contributed by atoms with Gasteiger partial charge < -0.3 is 10.6 Å². The first-order chi connectivity index (χ1) is 9.70. The second-order valence-corrected chi connectivity index (χ2v) is 4.96. The molecule has 1 heterocycles. The van der Waals surface area contributed by atoms with Gasteiger partial charge in [0.2, 0.25) is 0 Å². The summed E-state index contributed by atoms with van der Waals surface area (Å²) in [7, 11) is 0. The zero-order valence-corrected chi connectivity index (χ0v) is 11.1. The van der Waals surface area contributed by atoms with Crippen LogP contribution in [0.15, 0.2) is 36.4 Å². The van der Waals surface area contributed by atoms with E-state index in [1.807, 2.05) is 11.0 Å². The molecule has 2 nitrogen and oxygen atoms in total. The molecule has 0 aliphatic carbocycles. The Morgan fingerprint density at radius 3 is 2.80 bits per heavy atom. The number of para-hydroxylation sites is 1. The number of benzene rings is 2. The molecule has 0 unspecified atom stereocenters. The number of hydrogen-bond acceptors (Lipinski definition) is 2. The Hall–Kier alpha value is -1.94. The van der Waals surface area contributed by atoms with Gasteiger partial charge in [-0.25, -0.2) is 8.78 Å². The zero-order valence-electron chi connectivity index (χ0n) is 11.1. The maximum absolute atomic E-state index is 14.2. The van der Waals surface area contributed by atoms with Crippen LogP contribution in [0.2, 0.25) is 0 Å². The van der Waals surface area contributed by atoms with Crippen molar-refractivity contribution in [3.63, 3.8) is 0 Å². The van der Waals surface area contributed by atoms with Crippen molar-refractivity contribution in [1.82, 2.24) is 0 Å². The molecule has 2 N–H and O–H groups in total. The van der Waals surface area contributed by atoms with Crippen LogP contribution in [-0.2, 0) is 12.8 Å². The fourth-order valence-corrected chi connectivity index (χ4v) is 2.80. The maximum atomic E-state index is 14.2. The molecule has 1 aliphatic heterocycles. The van der Waals surface area contributed by atoms with Crippen molar-refractivity contribution in [3.05, 3.63) is 59.2 Å². The molecular formula is C16H16F2N2. The molecule has 0 saturated heterocycles. The van der Waals surface area contributed by atoms with Gasteiger partial charge in [-0.05, 0) is 48.7 Å². The first-order valence-electron chi connectivity index (χ1n) is 6.74. The van der Waals surface area contributed by atoms with Crippen molar-refractivity contribution in [2.24, 2.45) is 5.73 Å². The highest BCUT2D eigenvalue weighted by molar-refractivity contribution is 5.72. The first kappa shape index (κ1) is 13.1. The molecule has 0 bridgehead atoms. The number of nitrogens with zero attached hydrogens (tertiary/aromatic N) is 1. The van der Waals surface area contributed by atoms with Crippen molar-refractivity contribution in [2.75, 3.05) is 18.0 Å². The third-order valence-corrected chi connectivity index (χ3v) is 3.70. The topological polar surface area (TPSA) is 29.3 Å². The van der Waals surface area contributed by atoms with Crippen LogP contribution in [0.5, 0.6) is 0 Å². The second-order valence-electron chi connectivity index (χ2n) is 4.96. The molecule has 0 radical (unpaired) electrons. The monoisotopic (exact) mass is 274 g/mol. The van der Waals surface area contributed by atoms with Crippen molar-refractivity contribution < 1.29 is 8.78 Å². The molecular weight excluding hydrogens is 258 g/mol. The van der Waals surface area contributed by atoms with Gasteiger partial charge in [0.1, 0.15) is 11.6 Å². The van der Waals surface area contributed by atoms with E-state index in [-0.39, 0.29) is 11.6 Å². The van der Waals surface area contributed by atoms with Crippen molar-refractivity contribution in [2.45, 2.75) is 12.8 Å². The average Bonchev–Trinajstić information content (AvgIpc) is 2.82. The fraction of sp³-hybridized carbons (Fsp3) is 0.250. The minimum Gasteiger partial charge on any atom is -0.338 e. The molecule has 3 rings (SSSR count). The Morgan fingerprint density at radius 1 is 1.15 bits per heavy atom. The van der Waals surface area contributed by atoms with E-state index in [0.29, 0.717) is 25.2 Å². The molecule has 104 valence electrons. The summed E-state index contributed by atoms with van der Waals surface area (Å²) >= 11 is 0. The molecule has 2 aromatic carbocycles. The predicted octanol–water partition coefficient (Wildman–Crippen LogP) is 3.16. The van der Waals surface area contributed by atoms with Crippen LogP contribution in [0, 0.1) is 11.6 Å². The Balaban J connectivity index is 2.10. The van der Waals surface area contributed by atoms with Crippen LogP contribution in [0.3, 0.4) is 0 Å². The summed E-state index contributed by atoms with van der Waals surface area (Å²) in [5, 5.41) is 0. The molecule has 0 aromatic heterocycles. The lowest BCUT2D eigenvalue weighted by Crippen LogP contribution is -2.18. The quantitative estimate of drug-likeness (QED) is 0.931. The van der Waals surface area contributed by atoms with E-state index in [1.165, 1.54) is 18.2 Å². The van der Waals surface area contributed by atoms with Gasteiger partial charge in [-0.1, -0.05) is 18.2 Å². The molecule has 2 aromatic rings. The van der Waals surface area contributed by atoms with E-state index in [9.17, 15) is 8.78 Å². The summed E-state index contributed by atoms with van der Waals surface area (Å²) in [5.41, 5.74) is 8.80. The molecule has 0 atom stereocenters. The van der Waals surface area contributed by atoms with E-state index in [2.05, 4.69) is 0 Å². The summed E-state index contributed by atoms with van der Waals surface area (Å²) < 4.78 is 27.7. The Bertz CT molecular complexity index is 640. The van der Waals surface area contributed by atoms with Crippen LogP contribution < -0.4 is 10.6 Å². The molecule has 0 fully saturated rings. The van der Waals surface area contributed by atoms with E-state index in [1.54, 1.807) is 12.1 Å². The maximum Gasteiger partial charge on any atom is 0.147 e. The third-order valence-electron chi connectivity index (χ3n) is 3.70. The molecule has 1 aliphatic rings. The van der Waals surface area contributed by atoms with Crippen LogP contribution in [0.1, 0.15) is 11.1 Å². The lowest BCUT2D eigenvalue weighted by Gasteiger charge is -2.23. The fourth-order valence-electron chi connectivity index (χ4n) is 2.80. The summed E-state index contributed by atoms with van der Waals surface area (Å²) in [6.07, 6.45) is 1.40. The van der Waals surface area contributed by atoms with Gasteiger partial charge in [0.05, 0.1) is 5.69 Å². The summed E-state index contributed by atoms with van der Waals surface area (Å²) in [6, 6.07) is 9.70. The van der Waals surface area contributed by atoms with E-state index in [4.69, 9.17) is 5.73 Å². The predicted molar refractivity (Wildman–Crippen MR) is 76.3 cm³/mol. The third kappa shape index (κ3) is 2.16. The highest BCUT2D eigenvalue weighted by Crippen LogP contribution is 2.38. The van der Waals surface area contributed by atoms with Gasteiger partial charge in [0.15, 0.2) is 0 Å². The van der Waals surface area contributed by atoms with Crippen LogP contribution in [0.4, 0.5) is 20.2 Å². The largest absolute Gasteiger partial charge is 0.338 e. The Morgan fingerprint density at radius 2 is 2.00 bits per heavy atom. The van der Waals surface area contributed by atoms with E-state index >= 15 is 0 Å². The standard InChI is InChI=1S/C16H16F2N2/c17-13-5-4-11-7-9-20(15(11)10-13)16-12(6-8-19)2-1-3-14(16)18/h1-5,10H,6-9,19H2. The van der Waals surface area contributed by atoms with Gasteiger partial charge >= 0.3 is 0 Å². The van der Waals surface area contributed by atoms with Gasteiger partial charge in [0, 0.05) is 12.2 Å². The van der Waals surface area contributed by atoms with Gasteiger partial charge in [-0.3, -0.25) is 0 Å². The number of fused-ring (bicyclic) bond motifs is 1. The Labute approximate surface area is 116 Å². The highest BCUT2D eigenvalue weighted by atomic mass is 19.1. The van der Waals surface area contributed by atoms with E-state index < -0.39 is 0 Å².